The van der Waals surface area contributed by atoms with Gasteiger partial charge in [-0.1, -0.05) is 29.4 Å². The van der Waals surface area contributed by atoms with E-state index < -0.39 is 0 Å². The second-order valence-corrected chi connectivity index (χ2v) is 8.25. The van der Waals surface area contributed by atoms with E-state index >= 15 is 0 Å². The second-order valence-electron chi connectivity index (χ2n) is 5.55. The van der Waals surface area contributed by atoms with Crippen LogP contribution in [-0.2, 0) is 7.05 Å². The molecule has 0 aliphatic rings. The topological polar surface area (TPSA) is 69.6 Å². The van der Waals surface area contributed by atoms with Gasteiger partial charge >= 0.3 is 0 Å². The Kier molecular flexibility index (Phi) is 4.80. The number of halogens is 1. The van der Waals surface area contributed by atoms with Crippen LogP contribution in [0.2, 0.25) is 5.02 Å². The van der Waals surface area contributed by atoms with Crippen molar-refractivity contribution in [3.05, 3.63) is 52.7 Å². The van der Waals surface area contributed by atoms with E-state index in [1.54, 1.807) is 11.3 Å². The predicted molar refractivity (Wildman–Crippen MR) is 103 cm³/mol. The molecule has 0 amide bonds. The van der Waals surface area contributed by atoms with Gasteiger partial charge in [0, 0.05) is 17.6 Å². The van der Waals surface area contributed by atoms with Gasteiger partial charge < -0.3 is 8.98 Å². The highest BCUT2D eigenvalue weighted by Gasteiger charge is 2.20. The molecule has 132 valence electrons. The summed E-state index contributed by atoms with van der Waals surface area (Å²) in [5.74, 6) is 1.89. The van der Waals surface area contributed by atoms with Gasteiger partial charge in [-0.3, -0.25) is 0 Å². The van der Waals surface area contributed by atoms with Crippen molar-refractivity contribution in [2.45, 2.75) is 17.3 Å². The minimum Gasteiger partial charge on any atom is -0.419 e. The van der Waals surface area contributed by atoms with Gasteiger partial charge in [-0.15, -0.1) is 31.7 Å². The molecule has 26 heavy (non-hydrogen) atoms. The zero-order chi connectivity index (χ0) is 18.1. The van der Waals surface area contributed by atoms with Crippen LogP contribution in [0.5, 0.6) is 0 Å². The van der Waals surface area contributed by atoms with Crippen LogP contribution in [-0.4, -0.2) is 25.0 Å². The van der Waals surface area contributed by atoms with E-state index in [0.29, 0.717) is 16.8 Å². The van der Waals surface area contributed by atoms with Crippen molar-refractivity contribution < 1.29 is 4.42 Å². The second kappa shape index (κ2) is 7.22. The largest absolute Gasteiger partial charge is 0.419 e. The van der Waals surface area contributed by atoms with Crippen LogP contribution in [0.3, 0.4) is 0 Å². The minimum absolute atomic E-state index is 0.0443. The van der Waals surface area contributed by atoms with Crippen molar-refractivity contribution in [3.63, 3.8) is 0 Å². The molecule has 0 saturated heterocycles. The van der Waals surface area contributed by atoms with Crippen LogP contribution in [0, 0.1) is 0 Å². The first-order valence-corrected chi connectivity index (χ1v) is 9.95. The van der Waals surface area contributed by atoms with E-state index in [4.69, 9.17) is 16.0 Å². The van der Waals surface area contributed by atoms with Crippen molar-refractivity contribution in [1.29, 1.82) is 0 Å². The van der Waals surface area contributed by atoms with Gasteiger partial charge in [0.2, 0.25) is 5.89 Å². The summed E-state index contributed by atoms with van der Waals surface area (Å²) in [6.45, 7) is 2.01. The highest BCUT2D eigenvalue weighted by Crippen LogP contribution is 2.35. The number of thiophene rings is 1. The summed E-state index contributed by atoms with van der Waals surface area (Å²) in [4.78, 5) is 0.963. The van der Waals surface area contributed by atoms with Crippen LogP contribution in [0.1, 0.15) is 18.1 Å². The Hall–Kier alpha value is -2.16. The van der Waals surface area contributed by atoms with Crippen LogP contribution >= 0.6 is 34.7 Å². The monoisotopic (exact) mass is 403 g/mol. The predicted octanol–water partition coefficient (Wildman–Crippen LogP) is 5.10. The van der Waals surface area contributed by atoms with Gasteiger partial charge in [0.15, 0.2) is 11.0 Å². The molecular weight excluding hydrogens is 390 g/mol. The van der Waals surface area contributed by atoms with E-state index in [9.17, 15) is 0 Å². The SMILES string of the molecule is CC(Sc1nnc(-c2ccc(Cl)cc2)n1C)c1nnc(-c2cccs2)o1. The molecule has 9 heteroatoms. The first kappa shape index (κ1) is 17.3. The highest BCUT2D eigenvalue weighted by molar-refractivity contribution is 7.99. The molecule has 0 spiro atoms. The molecule has 3 aromatic heterocycles. The van der Waals surface area contributed by atoms with Crippen molar-refractivity contribution in [2.24, 2.45) is 7.05 Å². The van der Waals surface area contributed by atoms with Gasteiger partial charge in [-0.2, -0.15) is 0 Å². The maximum Gasteiger partial charge on any atom is 0.257 e. The number of hydrogen-bond acceptors (Lipinski definition) is 7. The van der Waals surface area contributed by atoms with E-state index in [1.807, 2.05) is 60.3 Å². The summed E-state index contributed by atoms with van der Waals surface area (Å²) < 4.78 is 7.75. The molecule has 0 N–H and O–H groups in total. The maximum atomic E-state index is 5.95. The van der Waals surface area contributed by atoms with Gasteiger partial charge in [0.1, 0.15) is 0 Å². The molecule has 4 rings (SSSR count). The van der Waals surface area contributed by atoms with Gasteiger partial charge in [-0.05, 0) is 42.6 Å². The van der Waals surface area contributed by atoms with Crippen LogP contribution < -0.4 is 0 Å². The molecule has 3 heterocycles. The molecule has 1 aromatic carbocycles. The quantitative estimate of drug-likeness (QED) is 0.432. The molecule has 0 saturated carbocycles. The van der Waals surface area contributed by atoms with E-state index in [-0.39, 0.29) is 5.25 Å². The Balaban J connectivity index is 1.53. The van der Waals surface area contributed by atoms with Crippen LogP contribution in [0.15, 0.2) is 51.4 Å². The van der Waals surface area contributed by atoms with Gasteiger partial charge in [0.25, 0.3) is 5.89 Å². The normalized spacial score (nSPS) is 12.4. The third kappa shape index (κ3) is 3.40. The van der Waals surface area contributed by atoms with Crippen molar-refractivity contribution in [3.8, 4) is 22.2 Å². The number of rotatable bonds is 5. The molecule has 6 nitrogen and oxygen atoms in total. The Bertz CT molecular complexity index is 1010. The fourth-order valence-electron chi connectivity index (χ4n) is 2.38. The molecule has 4 aromatic rings. The lowest BCUT2D eigenvalue weighted by Crippen LogP contribution is -1.97. The van der Waals surface area contributed by atoms with Crippen molar-refractivity contribution in [1.82, 2.24) is 25.0 Å². The average Bonchev–Trinajstić information content (AvgIpc) is 3.37. The summed E-state index contributed by atoms with van der Waals surface area (Å²) in [7, 11) is 1.93. The Morgan fingerprint density at radius 3 is 2.65 bits per heavy atom. The summed E-state index contributed by atoms with van der Waals surface area (Å²) in [6.07, 6.45) is 0. The number of thioether (sulfide) groups is 1. The van der Waals surface area contributed by atoms with Gasteiger partial charge in [-0.25, -0.2) is 0 Å². The molecule has 0 aliphatic carbocycles. The van der Waals surface area contributed by atoms with Crippen LogP contribution in [0.25, 0.3) is 22.2 Å². The zero-order valence-electron chi connectivity index (χ0n) is 14.0. The number of nitrogens with zero attached hydrogens (tertiary/aromatic N) is 5. The minimum atomic E-state index is -0.0443. The first-order valence-electron chi connectivity index (χ1n) is 7.81. The number of benzene rings is 1. The molecule has 0 aliphatic heterocycles. The lowest BCUT2D eigenvalue weighted by Gasteiger charge is -2.07. The first-order chi connectivity index (χ1) is 12.6. The molecule has 0 fully saturated rings. The van der Waals surface area contributed by atoms with E-state index in [0.717, 1.165) is 21.4 Å². The summed E-state index contributed by atoms with van der Waals surface area (Å²) in [5, 5.41) is 20.3. The summed E-state index contributed by atoms with van der Waals surface area (Å²) >= 11 is 9.04. The third-order valence-corrected chi connectivity index (χ3v) is 5.97. The summed E-state index contributed by atoms with van der Waals surface area (Å²) in [5.41, 5.74) is 0.960. The maximum absolute atomic E-state index is 5.95. The molecule has 0 bridgehead atoms. The van der Waals surface area contributed by atoms with Crippen molar-refractivity contribution >= 4 is 34.7 Å². The zero-order valence-corrected chi connectivity index (χ0v) is 16.3. The molecule has 1 unspecified atom stereocenters. The Labute approximate surface area is 163 Å². The third-order valence-electron chi connectivity index (χ3n) is 3.74. The van der Waals surface area contributed by atoms with Gasteiger partial charge in [0.05, 0.1) is 10.1 Å². The average molecular weight is 404 g/mol. The van der Waals surface area contributed by atoms with E-state index in [1.165, 1.54) is 11.8 Å². The molecule has 0 radical (unpaired) electrons. The Morgan fingerprint density at radius 1 is 1.12 bits per heavy atom. The lowest BCUT2D eigenvalue weighted by molar-refractivity contribution is 0.509. The fourth-order valence-corrected chi connectivity index (χ4v) is 3.99. The standard InChI is InChI=1S/C17H14ClN5OS2/c1-10(15-20-21-16(24-15)13-4-3-9-25-13)26-17-22-19-14(23(17)2)11-5-7-12(18)8-6-11/h3-10H,1-2H3. The number of hydrogen-bond donors (Lipinski definition) is 0. The number of aromatic nitrogens is 5. The summed E-state index contributed by atoms with van der Waals surface area (Å²) in [6, 6.07) is 11.4. The van der Waals surface area contributed by atoms with E-state index in [2.05, 4.69) is 20.4 Å². The van der Waals surface area contributed by atoms with Crippen molar-refractivity contribution in [2.75, 3.05) is 0 Å². The molecular formula is C17H14ClN5OS2. The highest BCUT2D eigenvalue weighted by atomic mass is 35.5. The fraction of sp³-hybridized carbons (Fsp3) is 0.176. The molecule has 1 atom stereocenters. The Morgan fingerprint density at radius 2 is 1.92 bits per heavy atom. The smallest absolute Gasteiger partial charge is 0.257 e. The lowest BCUT2D eigenvalue weighted by atomic mass is 10.2. The van der Waals surface area contributed by atoms with Crippen LogP contribution in [0.4, 0.5) is 0 Å².